The zero-order valence-electron chi connectivity index (χ0n) is 5.56. The van der Waals surface area contributed by atoms with Gasteiger partial charge in [-0.25, -0.2) is 4.84 Å². The van der Waals surface area contributed by atoms with Crippen LogP contribution in [0, 0.1) is 21.4 Å². The van der Waals surface area contributed by atoms with Gasteiger partial charge >= 0.3 is 11.3 Å². The summed E-state index contributed by atoms with van der Waals surface area (Å²) in [5.41, 5.74) is 2.97. The van der Waals surface area contributed by atoms with Crippen LogP contribution in [0.15, 0.2) is 6.58 Å². The molecule has 3 N–H and O–H groups in total. The molecule has 0 saturated carbocycles. The third-order valence-electron chi connectivity index (χ3n) is 0.357. The summed E-state index contributed by atoms with van der Waals surface area (Å²) in [5, 5.41) is 23.4. The van der Waals surface area contributed by atoms with Crippen LogP contribution < -0.4 is 5.73 Å². The Balaban J connectivity index is 0. The molecule has 0 aliphatic carbocycles. The van der Waals surface area contributed by atoms with E-state index in [1.807, 2.05) is 0 Å². The molecule has 0 heterocycles. The standard InChI is InChI=1S/C2H3N3O3.C2H2N/c3-1-2(4)8-5(6)7;1-2-3/h2H,4H2;1H2/q;-1/p+1. The molecule has 0 saturated heterocycles. The first-order chi connectivity index (χ1) is 5.08. The predicted molar refractivity (Wildman–Crippen MR) is 34.4 cm³/mol. The van der Waals surface area contributed by atoms with E-state index >= 15 is 0 Å². The van der Waals surface area contributed by atoms with Gasteiger partial charge in [0.15, 0.2) is 6.07 Å². The van der Waals surface area contributed by atoms with Gasteiger partial charge in [0.05, 0.1) is 0 Å². The lowest BCUT2D eigenvalue weighted by Gasteiger charge is -1.91. The van der Waals surface area contributed by atoms with E-state index in [-0.39, 0.29) is 0 Å². The number of rotatable bonds is 2. The highest BCUT2D eigenvalue weighted by Gasteiger charge is 2.06. The zero-order chi connectivity index (χ0) is 9.28. The summed E-state index contributed by atoms with van der Waals surface area (Å²) in [6.45, 7) is 2.79. The van der Waals surface area contributed by atoms with Gasteiger partial charge in [0.1, 0.15) is 0 Å². The third kappa shape index (κ3) is 17.9. The van der Waals surface area contributed by atoms with Gasteiger partial charge in [-0.15, -0.1) is 10.1 Å². The topological polar surface area (TPSA) is 126 Å². The molecule has 0 aliphatic heterocycles. The summed E-state index contributed by atoms with van der Waals surface area (Å²) < 4.78 is 0. The van der Waals surface area contributed by atoms with Crippen LogP contribution in [-0.2, 0) is 4.84 Å². The molecule has 0 aromatic heterocycles. The Kier molecular flexibility index (Phi) is 8.72. The molecule has 0 radical (unpaired) electrons. The Morgan fingerprint density at radius 1 is 1.91 bits per heavy atom. The van der Waals surface area contributed by atoms with Crippen LogP contribution in [0.5, 0.6) is 0 Å². The minimum atomic E-state index is -1.22. The Hall–Kier alpha value is -1.90. The van der Waals surface area contributed by atoms with Crippen LogP contribution in [0.2, 0.25) is 0 Å². The first-order valence-electron chi connectivity index (χ1n) is 2.28. The highest BCUT2D eigenvalue weighted by atomic mass is 17.0. The van der Waals surface area contributed by atoms with E-state index in [0.29, 0.717) is 0 Å². The van der Waals surface area contributed by atoms with Crippen molar-refractivity contribution in [2.75, 3.05) is 0 Å². The fourth-order valence-corrected chi connectivity index (χ4v) is 0.127. The van der Waals surface area contributed by atoms with Crippen molar-refractivity contribution < 1.29 is 15.7 Å². The van der Waals surface area contributed by atoms with Crippen molar-refractivity contribution in [1.82, 2.24) is 0 Å². The maximum absolute atomic E-state index is 9.36. The van der Waals surface area contributed by atoms with Crippen molar-refractivity contribution >= 4 is 5.87 Å². The number of hydrogen-bond acceptors (Lipinski definition) is 4. The molecule has 0 rings (SSSR count). The van der Waals surface area contributed by atoms with Crippen LogP contribution in [-0.4, -0.2) is 17.2 Å². The Bertz CT molecular complexity index is 190. The molecule has 7 heteroatoms. The van der Waals surface area contributed by atoms with Gasteiger partial charge in [-0.1, -0.05) is 6.58 Å². The second-order valence-electron chi connectivity index (χ2n) is 1.10. The molecule has 0 bridgehead atoms. The Labute approximate surface area is 62.3 Å². The number of hydrogen-bond donors (Lipinski definition) is 1. The predicted octanol–water partition coefficient (Wildman–Crippen LogP) is -1.30. The molecule has 0 aliphatic rings. The van der Waals surface area contributed by atoms with Crippen LogP contribution in [0.1, 0.15) is 0 Å². The van der Waals surface area contributed by atoms with Crippen LogP contribution in [0.3, 0.4) is 0 Å². The summed E-state index contributed by atoms with van der Waals surface area (Å²) in [4.78, 5) is 13.0. The summed E-state index contributed by atoms with van der Waals surface area (Å²) in [5.74, 6) is 1.50. The number of nitrogens with zero attached hydrogens (tertiary/aromatic N) is 3. The highest BCUT2D eigenvalue weighted by molar-refractivity contribution is 5.49. The molecular formula is C4H6N4O3. The Morgan fingerprint density at radius 3 is 2.36 bits per heavy atom. The van der Waals surface area contributed by atoms with Gasteiger partial charge in [0.2, 0.25) is 0 Å². The summed E-state index contributed by atoms with van der Waals surface area (Å²) >= 11 is 0. The molecule has 0 aromatic rings. The SMILES string of the molecule is C=C=[N-].N#CC([NH3+])O[N+](=O)[O-]. The molecule has 0 spiro atoms. The lowest BCUT2D eigenvalue weighted by atomic mass is 10.7. The third-order valence-corrected chi connectivity index (χ3v) is 0.357. The minimum Gasteiger partial charge on any atom is -0.764 e. The van der Waals surface area contributed by atoms with Gasteiger partial charge in [-0.05, 0) is 0 Å². The monoisotopic (exact) mass is 158 g/mol. The second-order valence-corrected chi connectivity index (χ2v) is 1.10. The van der Waals surface area contributed by atoms with Crippen molar-refractivity contribution in [3.05, 3.63) is 22.1 Å². The van der Waals surface area contributed by atoms with Crippen molar-refractivity contribution in [2.45, 2.75) is 6.23 Å². The maximum atomic E-state index is 9.36. The van der Waals surface area contributed by atoms with Crippen LogP contribution in [0.4, 0.5) is 0 Å². The fraction of sp³-hybridized carbons (Fsp3) is 0.250. The largest absolute Gasteiger partial charge is 0.764 e. The maximum Gasteiger partial charge on any atom is 0.319 e. The van der Waals surface area contributed by atoms with E-state index in [9.17, 15) is 10.1 Å². The molecule has 0 fully saturated rings. The van der Waals surface area contributed by atoms with Gasteiger partial charge in [-0.3, -0.25) is 5.87 Å². The lowest BCUT2D eigenvalue weighted by molar-refractivity contribution is -0.807. The molecule has 60 valence electrons. The van der Waals surface area contributed by atoms with Gasteiger partial charge < -0.3 is 11.1 Å². The fourth-order valence-electron chi connectivity index (χ4n) is 0.127. The highest BCUT2D eigenvalue weighted by Crippen LogP contribution is 1.74. The van der Waals surface area contributed by atoms with E-state index in [1.165, 1.54) is 11.9 Å². The van der Waals surface area contributed by atoms with Crippen molar-refractivity contribution in [3.63, 3.8) is 0 Å². The average molecular weight is 158 g/mol. The van der Waals surface area contributed by atoms with E-state index in [4.69, 9.17) is 10.7 Å². The van der Waals surface area contributed by atoms with Crippen molar-refractivity contribution in [1.29, 1.82) is 5.26 Å². The van der Waals surface area contributed by atoms with Crippen LogP contribution >= 0.6 is 0 Å². The summed E-state index contributed by atoms with van der Waals surface area (Å²) in [6, 6.07) is 1.42. The first kappa shape index (κ1) is 11.8. The first-order valence-corrected chi connectivity index (χ1v) is 2.28. The molecule has 0 aromatic carbocycles. The number of quaternary nitrogens is 1. The van der Waals surface area contributed by atoms with Crippen LogP contribution in [0.25, 0.3) is 5.41 Å². The molecule has 0 amide bonds. The van der Waals surface area contributed by atoms with E-state index in [1.54, 1.807) is 0 Å². The Morgan fingerprint density at radius 2 is 2.27 bits per heavy atom. The van der Waals surface area contributed by atoms with Crippen molar-refractivity contribution in [3.8, 4) is 6.07 Å². The summed E-state index contributed by atoms with van der Waals surface area (Å²) in [6.07, 6.45) is -1.22. The molecular weight excluding hydrogens is 152 g/mol. The second kappa shape index (κ2) is 8.10. The average Bonchev–Trinajstić information content (AvgIpc) is 1.88. The van der Waals surface area contributed by atoms with E-state index in [0.717, 1.165) is 0 Å². The normalized spacial score (nSPS) is 9.09. The van der Waals surface area contributed by atoms with Crippen molar-refractivity contribution in [2.24, 2.45) is 0 Å². The smallest absolute Gasteiger partial charge is 0.319 e. The molecule has 1 atom stereocenters. The van der Waals surface area contributed by atoms with E-state index in [2.05, 4.69) is 17.2 Å². The molecule has 11 heavy (non-hydrogen) atoms. The zero-order valence-corrected chi connectivity index (χ0v) is 5.56. The molecule has 7 nitrogen and oxygen atoms in total. The van der Waals surface area contributed by atoms with E-state index < -0.39 is 11.3 Å². The minimum absolute atomic E-state index is 1.05. The van der Waals surface area contributed by atoms with Gasteiger partial charge in [0, 0.05) is 0 Å². The molecule has 1 unspecified atom stereocenters. The quantitative estimate of drug-likeness (QED) is 0.232. The summed E-state index contributed by atoms with van der Waals surface area (Å²) in [7, 11) is 0. The number of nitriles is 1. The lowest BCUT2D eigenvalue weighted by Crippen LogP contribution is -2.62. The van der Waals surface area contributed by atoms with Gasteiger partial charge in [-0.2, -0.15) is 5.26 Å². The van der Waals surface area contributed by atoms with Gasteiger partial charge in [0.25, 0.3) is 0 Å².